The van der Waals surface area contributed by atoms with E-state index < -0.39 is 11.9 Å². The van der Waals surface area contributed by atoms with Gasteiger partial charge in [0.25, 0.3) is 0 Å². The van der Waals surface area contributed by atoms with Crippen LogP contribution in [0.5, 0.6) is 11.5 Å². The van der Waals surface area contributed by atoms with Gasteiger partial charge in [0.1, 0.15) is 0 Å². The molecule has 1 aromatic carbocycles. The van der Waals surface area contributed by atoms with Crippen LogP contribution in [0, 0.1) is 0 Å². The van der Waals surface area contributed by atoms with Crippen molar-refractivity contribution in [2.45, 2.75) is 13.8 Å². The van der Waals surface area contributed by atoms with Crippen molar-refractivity contribution in [2.24, 2.45) is 5.73 Å². The molecule has 1 amide bonds. The molecule has 0 bridgehead atoms. The number of carbonyl (C=O) groups is 3. The quantitative estimate of drug-likeness (QED) is 0.490. The van der Waals surface area contributed by atoms with Crippen LogP contribution in [-0.2, 0) is 14.4 Å². The molecule has 0 aliphatic rings. The molecule has 0 heterocycles. The number of carboxylic acids is 1. The monoisotopic (exact) mass is 295 g/mol. The number of methoxy groups -OCH3 is 1. The number of nitrogens with two attached hydrogens (primary N) is 1. The van der Waals surface area contributed by atoms with Crippen LogP contribution in [-0.4, -0.2) is 30.1 Å². The lowest BCUT2D eigenvalue weighted by atomic mass is 10.2. The summed E-state index contributed by atoms with van der Waals surface area (Å²) < 4.78 is 9.95. The van der Waals surface area contributed by atoms with Gasteiger partial charge in [-0.3, -0.25) is 9.59 Å². The summed E-state index contributed by atoms with van der Waals surface area (Å²) in [5.41, 5.74) is 5.11. The second-order valence-electron chi connectivity index (χ2n) is 3.79. The lowest BCUT2D eigenvalue weighted by Gasteiger charge is -2.08. The third-order valence-electron chi connectivity index (χ3n) is 1.86. The van der Waals surface area contributed by atoms with Gasteiger partial charge in [0, 0.05) is 19.9 Å². The molecule has 7 nitrogen and oxygen atoms in total. The minimum atomic E-state index is -1.03. The average molecular weight is 295 g/mol. The zero-order valence-electron chi connectivity index (χ0n) is 12.0. The maximum atomic E-state index is 10.8. The molecule has 7 heteroatoms. The Balaban J connectivity index is 0.000000885. The number of hydrogen-bond donors (Lipinski definition) is 2. The molecule has 1 rings (SSSR count). The third kappa shape index (κ3) is 8.82. The molecular weight excluding hydrogens is 278 g/mol. The van der Waals surface area contributed by atoms with Gasteiger partial charge in [0.05, 0.1) is 7.11 Å². The molecule has 0 aromatic heterocycles. The lowest BCUT2D eigenvalue weighted by Crippen LogP contribution is -2.03. The number of primary amides is 1. The summed E-state index contributed by atoms with van der Waals surface area (Å²) in [6.07, 6.45) is 2.43. The fraction of sp³-hybridized carbons (Fsp3) is 0.214. The van der Waals surface area contributed by atoms with Crippen LogP contribution in [0.2, 0.25) is 0 Å². The minimum Gasteiger partial charge on any atom is -0.493 e. The Hall–Kier alpha value is -2.83. The van der Waals surface area contributed by atoms with Crippen LogP contribution in [0.15, 0.2) is 24.3 Å². The summed E-state index contributed by atoms with van der Waals surface area (Å²) in [5, 5.41) is 8.49. The van der Waals surface area contributed by atoms with Crippen molar-refractivity contribution in [1.82, 2.24) is 0 Å². The van der Waals surface area contributed by atoms with Gasteiger partial charge < -0.3 is 20.3 Å². The van der Waals surface area contributed by atoms with Gasteiger partial charge in [-0.15, -0.1) is 0 Å². The van der Waals surface area contributed by atoms with Crippen molar-refractivity contribution in [1.29, 1.82) is 0 Å². The number of benzene rings is 1. The Morgan fingerprint density at radius 2 is 1.76 bits per heavy atom. The standard InChI is InChI=1S/C12H12O5.C2H5NO/c1-8(13)17-10-5-3-9(4-6-12(14)15)7-11(10)16-2;1-2(3)4/h3-7H,1-2H3,(H,14,15);1H3,(H2,3,4). The highest BCUT2D eigenvalue weighted by Crippen LogP contribution is 2.28. The van der Waals surface area contributed by atoms with E-state index in [9.17, 15) is 14.4 Å². The van der Waals surface area contributed by atoms with E-state index in [0.29, 0.717) is 17.1 Å². The van der Waals surface area contributed by atoms with Crippen LogP contribution in [0.3, 0.4) is 0 Å². The van der Waals surface area contributed by atoms with E-state index in [1.165, 1.54) is 27.0 Å². The Kier molecular flexibility index (Phi) is 7.90. The van der Waals surface area contributed by atoms with Crippen LogP contribution in [0.25, 0.3) is 6.08 Å². The molecule has 0 aliphatic heterocycles. The van der Waals surface area contributed by atoms with Gasteiger partial charge in [-0.05, 0) is 23.8 Å². The minimum absolute atomic E-state index is 0.299. The maximum Gasteiger partial charge on any atom is 0.328 e. The van der Waals surface area contributed by atoms with Gasteiger partial charge in [-0.2, -0.15) is 0 Å². The Bertz CT molecular complexity index is 546. The van der Waals surface area contributed by atoms with E-state index in [1.54, 1.807) is 18.2 Å². The van der Waals surface area contributed by atoms with Gasteiger partial charge in [0.15, 0.2) is 11.5 Å². The van der Waals surface area contributed by atoms with Crippen molar-refractivity contribution < 1.29 is 29.0 Å². The smallest absolute Gasteiger partial charge is 0.328 e. The Labute approximate surface area is 122 Å². The number of aliphatic carboxylic acids is 1. The summed E-state index contributed by atoms with van der Waals surface area (Å²) in [4.78, 5) is 30.4. The summed E-state index contributed by atoms with van der Waals surface area (Å²) in [7, 11) is 1.44. The number of amides is 1. The van der Waals surface area contributed by atoms with E-state index >= 15 is 0 Å². The van der Waals surface area contributed by atoms with Crippen molar-refractivity contribution >= 4 is 23.9 Å². The number of ether oxygens (including phenoxy) is 2. The molecule has 21 heavy (non-hydrogen) atoms. The van der Waals surface area contributed by atoms with Crippen molar-refractivity contribution in [3.05, 3.63) is 29.8 Å². The van der Waals surface area contributed by atoms with Crippen LogP contribution >= 0.6 is 0 Å². The molecule has 114 valence electrons. The molecule has 0 saturated heterocycles. The second-order valence-corrected chi connectivity index (χ2v) is 3.79. The number of carboxylic acid groups (broad SMARTS) is 1. The first-order valence-corrected chi connectivity index (χ1v) is 5.79. The second kappa shape index (κ2) is 9.13. The molecule has 0 atom stereocenters. The molecule has 0 fully saturated rings. The zero-order valence-corrected chi connectivity index (χ0v) is 12.0. The largest absolute Gasteiger partial charge is 0.493 e. The number of carbonyl (C=O) groups excluding carboxylic acids is 2. The number of esters is 1. The normalized spacial score (nSPS) is 9.48. The zero-order chi connectivity index (χ0) is 16.4. The van der Waals surface area contributed by atoms with E-state index in [4.69, 9.17) is 14.6 Å². The predicted octanol–water partition coefficient (Wildman–Crippen LogP) is 1.21. The first-order chi connectivity index (χ1) is 9.76. The van der Waals surface area contributed by atoms with Crippen LogP contribution in [0.4, 0.5) is 0 Å². The fourth-order valence-corrected chi connectivity index (χ4v) is 1.19. The topological polar surface area (TPSA) is 116 Å². The van der Waals surface area contributed by atoms with E-state index in [0.717, 1.165) is 6.08 Å². The highest BCUT2D eigenvalue weighted by atomic mass is 16.6. The van der Waals surface area contributed by atoms with E-state index in [-0.39, 0.29) is 5.91 Å². The molecule has 1 aromatic rings. The van der Waals surface area contributed by atoms with Crippen molar-refractivity contribution in [3.8, 4) is 11.5 Å². The van der Waals surface area contributed by atoms with Crippen molar-refractivity contribution in [2.75, 3.05) is 7.11 Å². The summed E-state index contributed by atoms with van der Waals surface area (Å²) in [6, 6.07) is 4.75. The summed E-state index contributed by atoms with van der Waals surface area (Å²) >= 11 is 0. The van der Waals surface area contributed by atoms with Crippen LogP contribution in [0.1, 0.15) is 19.4 Å². The molecule has 0 spiro atoms. The first kappa shape index (κ1) is 18.2. The van der Waals surface area contributed by atoms with E-state index in [2.05, 4.69) is 5.73 Å². The number of hydrogen-bond acceptors (Lipinski definition) is 5. The Morgan fingerprint density at radius 1 is 1.19 bits per heavy atom. The Morgan fingerprint density at radius 3 is 2.19 bits per heavy atom. The van der Waals surface area contributed by atoms with Gasteiger partial charge in [0.2, 0.25) is 5.91 Å². The molecule has 3 N–H and O–H groups in total. The SMILES string of the molecule is CC(N)=O.COc1cc(C=CC(=O)O)ccc1OC(C)=O. The molecule has 0 saturated carbocycles. The highest BCUT2D eigenvalue weighted by Gasteiger charge is 2.06. The average Bonchev–Trinajstić information content (AvgIpc) is 2.36. The molecular formula is C14H17NO6. The summed E-state index contributed by atoms with van der Waals surface area (Å²) in [5.74, 6) is -1.15. The lowest BCUT2D eigenvalue weighted by molar-refractivity contribution is -0.132. The van der Waals surface area contributed by atoms with Gasteiger partial charge >= 0.3 is 11.9 Å². The van der Waals surface area contributed by atoms with E-state index in [1.807, 2.05) is 0 Å². The van der Waals surface area contributed by atoms with Crippen LogP contribution < -0.4 is 15.2 Å². The highest BCUT2D eigenvalue weighted by molar-refractivity contribution is 5.85. The molecule has 0 unspecified atom stereocenters. The van der Waals surface area contributed by atoms with Gasteiger partial charge in [-0.1, -0.05) is 6.07 Å². The van der Waals surface area contributed by atoms with Crippen molar-refractivity contribution in [3.63, 3.8) is 0 Å². The maximum absolute atomic E-state index is 10.8. The van der Waals surface area contributed by atoms with Gasteiger partial charge in [-0.25, -0.2) is 4.79 Å². The summed E-state index contributed by atoms with van der Waals surface area (Å²) in [6.45, 7) is 2.59. The first-order valence-electron chi connectivity index (χ1n) is 5.79. The predicted molar refractivity (Wildman–Crippen MR) is 75.8 cm³/mol. The molecule has 0 aliphatic carbocycles. The third-order valence-corrected chi connectivity index (χ3v) is 1.86. The fourth-order valence-electron chi connectivity index (χ4n) is 1.19. The molecule has 0 radical (unpaired) electrons. The number of rotatable bonds is 4.